The van der Waals surface area contributed by atoms with Gasteiger partial charge in [0.2, 0.25) is 0 Å². The molecule has 0 saturated carbocycles. The number of aryl methyl sites for hydroxylation is 1. The number of aliphatic hydroxyl groups is 1. The van der Waals surface area contributed by atoms with E-state index in [0.717, 1.165) is 11.3 Å². The number of likely N-dealkylation sites (N-methyl/N-ethyl adjacent to an activating group) is 1. The predicted molar refractivity (Wildman–Crippen MR) is 77.0 cm³/mol. The van der Waals surface area contributed by atoms with Gasteiger partial charge in [-0.05, 0) is 25.5 Å². The van der Waals surface area contributed by atoms with Crippen LogP contribution in [0.3, 0.4) is 0 Å². The van der Waals surface area contributed by atoms with Crippen molar-refractivity contribution in [3.8, 4) is 5.69 Å². The largest absolute Gasteiger partial charge is 0.395 e. The summed E-state index contributed by atoms with van der Waals surface area (Å²) in [6.07, 6.45) is 3.29. The van der Waals surface area contributed by atoms with Crippen LogP contribution in [-0.4, -0.2) is 45.4 Å². The molecular weight excluding hydrogens is 254 g/mol. The fraction of sp³-hybridized carbons (Fsp3) is 0.333. The van der Waals surface area contributed by atoms with Gasteiger partial charge in [-0.3, -0.25) is 4.79 Å². The molecule has 1 aromatic carbocycles. The van der Waals surface area contributed by atoms with E-state index in [1.165, 1.54) is 0 Å². The van der Waals surface area contributed by atoms with Crippen LogP contribution in [0.2, 0.25) is 0 Å². The summed E-state index contributed by atoms with van der Waals surface area (Å²) in [6.45, 7) is 4.76. The first-order valence-electron chi connectivity index (χ1n) is 6.68. The molecule has 1 N–H and O–H groups in total. The van der Waals surface area contributed by atoms with Gasteiger partial charge in [0.15, 0.2) is 0 Å². The molecule has 0 radical (unpaired) electrons. The van der Waals surface area contributed by atoms with Crippen molar-refractivity contribution in [1.82, 2.24) is 14.7 Å². The number of nitrogens with zero attached hydrogens (tertiary/aromatic N) is 3. The number of aromatic nitrogens is 2. The molecule has 1 amide bonds. The van der Waals surface area contributed by atoms with Crippen molar-refractivity contribution in [2.45, 2.75) is 13.8 Å². The van der Waals surface area contributed by atoms with E-state index >= 15 is 0 Å². The van der Waals surface area contributed by atoms with Crippen LogP contribution in [0.25, 0.3) is 5.69 Å². The van der Waals surface area contributed by atoms with Gasteiger partial charge < -0.3 is 10.0 Å². The lowest BCUT2D eigenvalue weighted by molar-refractivity contribution is 0.0732. The molecule has 20 heavy (non-hydrogen) atoms. The Morgan fingerprint density at radius 1 is 1.40 bits per heavy atom. The summed E-state index contributed by atoms with van der Waals surface area (Å²) in [5.74, 6) is -0.110. The fourth-order valence-electron chi connectivity index (χ4n) is 2.09. The van der Waals surface area contributed by atoms with Crippen LogP contribution < -0.4 is 0 Å². The number of aliphatic hydroxyl groups excluding tert-OH is 1. The van der Waals surface area contributed by atoms with Gasteiger partial charge in [-0.15, -0.1) is 0 Å². The van der Waals surface area contributed by atoms with E-state index in [1.807, 2.05) is 38.1 Å². The Morgan fingerprint density at radius 3 is 2.80 bits per heavy atom. The smallest absolute Gasteiger partial charge is 0.257 e. The molecule has 0 aliphatic rings. The highest BCUT2D eigenvalue weighted by atomic mass is 16.3. The Kier molecular flexibility index (Phi) is 4.53. The Balaban J connectivity index is 2.25. The van der Waals surface area contributed by atoms with Gasteiger partial charge in [0.1, 0.15) is 0 Å². The molecule has 0 spiro atoms. The van der Waals surface area contributed by atoms with E-state index in [-0.39, 0.29) is 12.5 Å². The van der Waals surface area contributed by atoms with Crippen molar-refractivity contribution < 1.29 is 9.90 Å². The molecule has 2 aromatic rings. The quantitative estimate of drug-likeness (QED) is 0.901. The van der Waals surface area contributed by atoms with Gasteiger partial charge in [0.25, 0.3) is 5.91 Å². The van der Waals surface area contributed by atoms with Crippen LogP contribution in [0.1, 0.15) is 22.8 Å². The van der Waals surface area contributed by atoms with Gasteiger partial charge in [-0.2, -0.15) is 5.10 Å². The van der Waals surface area contributed by atoms with E-state index in [2.05, 4.69) is 5.10 Å². The summed E-state index contributed by atoms with van der Waals surface area (Å²) >= 11 is 0. The first-order chi connectivity index (χ1) is 9.67. The number of hydrogen-bond acceptors (Lipinski definition) is 3. The normalized spacial score (nSPS) is 10.6. The zero-order valence-corrected chi connectivity index (χ0v) is 11.8. The molecule has 5 nitrogen and oxygen atoms in total. The second-order valence-electron chi connectivity index (χ2n) is 4.57. The molecule has 0 fully saturated rings. The van der Waals surface area contributed by atoms with Crippen LogP contribution in [0.5, 0.6) is 0 Å². The van der Waals surface area contributed by atoms with Crippen LogP contribution in [0.15, 0.2) is 36.7 Å². The summed E-state index contributed by atoms with van der Waals surface area (Å²) in [5, 5.41) is 13.2. The minimum atomic E-state index is -0.110. The van der Waals surface area contributed by atoms with Crippen molar-refractivity contribution in [3.05, 3.63) is 47.8 Å². The minimum Gasteiger partial charge on any atom is -0.395 e. The number of rotatable bonds is 5. The van der Waals surface area contributed by atoms with Crippen LogP contribution in [0, 0.1) is 6.92 Å². The SMILES string of the molecule is CCN(CCO)C(=O)c1cnn(-c2ccccc2C)c1. The predicted octanol–water partition coefficient (Wildman–Crippen LogP) is 1.64. The van der Waals surface area contributed by atoms with E-state index in [9.17, 15) is 4.79 Å². The average molecular weight is 273 g/mol. The van der Waals surface area contributed by atoms with Gasteiger partial charge in [0, 0.05) is 19.3 Å². The lowest BCUT2D eigenvalue weighted by atomic mass is 10.2. The summed E-state index contributed by atoms with van der Waals surface area (Å²) in [4.78, 5) is 13.9. The maximum absolute atomic E-state index is 12.3. The highest BCUT2D eigenvalue weighted by molar-refractivity contribution is 5.93. The van der Waals surface area contributed by atoms with Crippen molar-refractivity contribution in [3.63, 3.8) is 0 Å². The number of carbonyl (C=O) groups excluding carboxylic acids is 1. The lowest BCUT2D eigenvalue weighted by Gasteiger charge is -2.18. The monoisotopic (exact) mass is 273 g/mol. The Morgan fingerprint density at radius 2 is 2.15 bits per heavy atom. The van der Waals surface area contributed by atoms with Crippen molar-refractivity contribution in [1.29, 1.82) is 0 Å². The number of amides is 1. The first-order valence-corrected chi connectivity index (χ1v) is 6.68. The molecule has 0 aliphatic carbocycles. The Labute approximate surface area is 118 Å². The van der Waals surface area contributed by atoms with E-state index in [0.29, 0.717) is 18.7 Å². The molecule has 106 valence electrons. The Hall–Kier alpha value is -2.14. The van der Waals surface area contributed by atoms with Gasteiger partial charge in [-0.25, -0.2) is 4.68 Å². The molecular formula is C15H19N3O2. The van der Waals surface area contributed by atoms with Gasteiger partial charge in [0.05, 0.1) is 24.1 Å². The zero-order valence-electron chi connectivity index (χ0n) is 11.8. The highest BCUT2D eigenvalue weighted by Crippen LogP contribution is 2.14. The molecule has 1 aromatic heterocycles. The number of carbonyl (C=O) groups is 1. The lowest BCUT2D eigenvalue weighted by Crippen LogP contribution is -2.33. The molecule has 0 saturated heterocycles. The fourth-order valence-corrected chi connectivity index (χ4v) is 2.09. The number of para-hydroxylation sites is 1. The van der Waals surface area contributed by atoms with Gasteiger partial charge in [-0.1, -0.05) is 18.2 Å². The topological polar surface area (TPSA) is 58.4 Å². The standard InChI is InChI=1S/C15H19N3O2/c1-3-17(8-9-19)15(20)13-10-16-18(11-13)14-7-5-4-6-12(14)2/h4-7,10-11,19H,3,8-9H2,1-2H3. The molecule has 2 rings (SSSR count). The number of hydrogen-bond donors (Lipinski definition) is 1. The molecule has 0 bridgehead atoms. The third-order valence-corrected chi connectivity index (χ3v) is 3.23. The van der Waals surface area contributed by atoms with Crippen LogP contribution >= 0.6 is 0 Å². The number of benzene rings is 1. The van der Waals surface area contributed by atoms with E-state index < -0.39 is 0 Å². The van der Waals surface area contributed by atoms with E-state index in [1.54, 1.807) is 22.0 Å². The van der Waals surface area contributed by atoms with Crippen molar-refractivity contribution in [2.24, 2.45) is 0 Å². The third kappa shape index (κ3) is 2.88. The average Bonchev–Trinajstić information content (AvgIpc) is 2.94. The van der Waals surface area contributed by atoms with E-state index in [4.69, 9.17) is 5.11 Å². The summed E-state index contributed by atoms with van der Waals surface area (Å²) in [7, 11) is 0. The zero-order chi connectivity index (χ0) is 14.5. The maximum Gasteiger partial charge on any atom is 0.257 e. The molecule has 0 aliphatic heterocycles. The third-order valence-electron chi connectivity index (χ3n) is 3.23. The highest BCUT2D eigenvalue weighted by Gasteiger charge is 2.16. The summed E-state index contributed by atoms with van der Waals surface area (Å²) in [5.41, 5.74) is 2.58. The first kappa shape index (κ1) is 14.3. The maximum atomic E-state index is 12.3. The Bertz CT molecular complexity index is 592. The molecule has 0 unspecified atom stereocenters. The second kappa shape index (κ2) is 6.34. The molecule has 1 heterocycles. The van der Waals surface area contributed by atoms with Crippen molar-refractivity contribution in [2.75, 3.05) is 19.7 Å². The van der Waals surface area contributed by atoms with Crippen LogP contribution in [0.4, 0.5) is 0 Å². The van der Waals surface area contributed by atoms with Gasteiger partial charge >= 0.3 is 0 Å². The molecule has 5 heteroatoms. The second-order valence-corrected chi connectivity index (χ2v) is 4.57. The van der Waals surface area contributed by atoms with Crippen molar-refractivity contribution >= 4 is 5.91 Å². The molecule has 0 atom stereocenters. The summed E-state index contributed by atoms with van der Waals surface area (Å²) in [6, 6.07) is 7.87. The summed E-state index contributed by atoms with van der Waals surface area (Å²) < 4.78 is 1.70. The van der Waals surface area contributed by atoms with Crippen LogP contribution in [-0.2, 0) is 0 Å². The minimum absolute atomic E-state index is 0.0362.